The van der Waals surface area contributed by atoms with Crippen LogP contribution in [-0.2, 0) is 32.8 Å². The fourth-order valence-corrected chi connectivity index (χ4v) is 5.94. The number of aromatic nitrogens is 2. The quantitative estimate of drug-likeness (QED) is 0.662. The Morgan fingerprint density at radius 2 is 2.13 bits per heavy atom. The number of carbonyl (C=O) groups excluding carboxylic acids is 1. The number of benzene rings is 1. The van der Waals surface area contributed by atoms with Crippen LogP contribution in [0.1, 0.15) is 43.7 Å². The Bertz CT molecular complexity index is 918. The Labute approximate surface area is 182 Å². The summed E-state index contributed by atoms with van der Waals surface area (Å²) in [5, 5.41) is 4.29. The lowest BCUT2D eigenvalue weighted by Crippen LogP contribution is -2.54. The maximum absolute atomic E-state index is 13.8. The molecule has 0 aliphatic carbocycles. The van der Waals surface area contributed by atoms with Crippen LogP contribution in [0.2, 0.25) is 0 Å². The molecular weight excluding hydrogens is 397 g/mol. The van der Waals surface area contributed by atoms with Crippen molar-refractivity contribution in [1.29, 1.82) is 0 Å². The van der Waals surface area contributed by atoms with Crippen LogP contribution in [0.5, 0.6) is 0 Å². The summed E-state index contributed by atoms with van der Waals surface area (Å²) >= 11 is 0. The van der Waals surface area contributed by atoms with Crippen molar-refractivity contribution in [3.8, 4) is 0 Å². The zero-order valence-corrected chi connectivity index (χ0v) is 18.0. The van der Waals surface area contributed by atoms with E-state index >= 15 is 0 Å². The number of rotatable bonds is 6. The number of carbonyl (C=O) groups is 1. The molecule has 2 aromatic rings. The van der Waals surface area contributed by atoms with Gasteiger partial charge in [-0.1, -0.05) is 6.07 Å². The third-order valence-electron chi connectivity index (χ3n) is 7.23. The van der Waals surface area contributed by atoms with E-state index in [9.17, 15) is 9.18 Å². The van der Waals surface area contributed by atoms with Gasteiger partial charge >= 0.3 is 5.97 Å². The van der Waals surface area contributed by atoms with Gasteiger partial charge in [0, 0.05) is 31.0 Å². The summed E-state index contributed by atoms with van der Waals surface area (Å²) in [4.78, 5) is 15.2. The fourth-order valence-electron chi connectivity index (χ4n) is 5.94. The highest BCUT2D eigenvalue weighted by Crippen LogP contribution is 2.50. The standard InChI is InChI=1S/C24H30FN3O3/c1-2-30-23(29)18(15-27-10-3-9-26-27)16-28-20-5-6-21(28)14-24(13-20)22-7-4-19(25)12-17(22)8-11-31-24/h3-4,7,9-10,12,18,20-21H,2,5-6,8,11,13-16H2,1H3. The van der Waals surface area contributed by atoms with Crippen LogP contribution in [0.25, 0.3) is 0 Å². The second kappa shape index (κ2) is 8.36. The van der Waals surface area contributed by atoms with Crippen LogP contribution in [0.3, 0.4) is 0 Å². The van der Waals surface area contributed by atoms with Gasteiger partial charge in [-0.05, 0) is 68.4 Å². The molecule has 2 fully saturated rings. The second-order valence-corrected chi connectivity index (χ2v) is 9.06. The third-order valence-corrected chi connectivity index (χ3v) is 7.23. The molecule has 1 aromatic carbocycles. The minimum absolute atomic E-state index is 0.160. The summed E-state index contributed by atoms with van der Waals surface area (Å²) in [6, 6.07) is 7.74. The number of piperidine rings is 1. The van der Waals surface area contributed by atoms with Crippen LogP contribution >= 0.6 is 0 Å². The molecule has 3 aliphatic heterocycles. The van der Waals surface area contributed by atoms with Crippen LogP contribution < -0.4 is 0 Å². The van der Waals surface area contributed by atoms with Gasteiger partial charge in [0.15, 0.2) is 0 Å². The van der Waals surface area contributed by atoms with E-state index in [0.29, 0.717) is 38.4 Å². The van der Waals surface area contributed by atoms with Gasteiger partial charge in [0.1, 0.15) is 5.82 Å². The van der Waals surface area contributed by atoms with E-state index in [1.54, 1.807) is 18.3 Å². The number of fused-ring (bicyclic) bond motifs is 4. The summed E-state index contributed by atoms with van der Waals surface area (Å²) in [6.07, 6.45) is 8.37. The molecule has 1 spiro atoms. The van der Waals surface area contributed by atoms with E-state index in [1.807, 2.05) is 29.9 Å². The smallest absolute Gasteiger partial charge is 0.312 e. The van der Waals surface area contributed by atoms with Gasteiger partial charge in [-0.3, -0.25) is 14.4 Å². The predicted molar refractivity (Wildman–Crippen MR) is 113 cm³/mol. The van der Waals surface area contributed by atoms with Crippen molar-refractivity contribution in [1.82, 2.24) is 14.7 Å². The van der Waals surface area contributed by atoms with Crippen LogP contribution in [0, 0.1) is 11.7 Å². The highest BCUT2D eigenvalue weighted by atomic mass is 19.1. The lowest BCUT2D eigenvalue weighted by atomic mass is 9.76. The molecule has 3 unspecified atom stereocenters. The van der Waals surface area contributed by atoms with E-state index in [0.717, 1.165) is 43.2 Å². The van der Waals surface area contributed by atoms with E-state index in [4.69, 9.17) is 9.47 Å². The molecule has 0 radical (unpaired) electrons. The molecule has 31 heavy (non-hydrogen) atoms. The van der Waals surface area contributed by atoms with Crippen molar-refractivity contribution in [2.45, 2.75) is 63.3 Å². The van der Waals surface area contributed by atoms with E-state index in [2.05, 4.69) is 10.00 Å². The van der Waals surface area contributed by atoms with Crippen molar-refractivity contribution in [3.63, 3.8) is 0 Å². The van der Waals surface area contributed by atoms with Gasteiger partial charge in [-0.25, -0.2) is 4.39 Å². The maximum Gasteiger partial charge on any atom is 0.312 e. The highest BCUT2D eigenvalue weighted by molar-refractivity contribution is 5.72. The average Bonchev–Trinajstić information content (AvgIpc) is 3.34. The number of hydrogen-bond acceptors (Lipinski definition) is 5. The Morgan fingerprint density at radius 3 is 2.84 bits per heavy atom. The first-order valence-corrected chi connectivity index (χ1v) is 11.4. The zero-order chi connectivity index (χ0) is 21.4. The molecule has 2 saturated heterocycles. The summed E-state index contributed by atoms with van der Waals surface area (Å²) in [6.45, 7) is 4.05. The van der Waals surface area contributed by atoms with Gasteiger partial charge in [0.25, 0.3) is 0 Å². The molecule has 2 bridgehead atoms. The van der Waals surface area contributed by atoms with Crippen molar-refractivity contribution >= 4 is 5.97 Å². The average molecular weight is 428 g/mol. The lowest BCUT2D eigenvalue weighted by Gasteiger charge is -2.49. The number of nitrogens with zero attached hydrogens (tertiary/aromatic N) is 3. The molecule has 3 aliphatic rings. The van der Waals surface area contributed by atoms with Crippen molar-refractivity contribution in [2.75, 3.05) is 19.8 Å². The summed E-state index contributed by atoms with van der Waals surface area (Å²) in [5.41, 5.74) is 1.92. The lowest BCUT2D eigenvalue weighted by molar-refractivity contribution is -0.151. The number of hydrogen-bond donors (Lipinski definition) is 0. The SMILES string of the molecule is CCOC(=O)C(CN1C2CCC1CC1(C2)OCCc2cc(F)ccc21)Cn1cccn1. The van der Waals surface area contributed by atoms with E-state index in [-0.39, 0.29) is 23.3 Å². The number of halogens is 1. The van der Waals surface area contributed by atoms with Gasteiger partial charge in [0.2, 0.25) is 0 Å². The first-order chi connectivity index (χ1) is 15.1. The molecule has 166 valence electrons. The predicted octanol–water partition coefficient (Wildman–Crippen LogP) is 3.30. The highest BCUT2D eigenvalue weighted by Gasteiger charge is 2.52. The first-order valence-electron chi connectivity index (χ1n) is 11.4. The molecule has 7 heteroatoms. The Morgan fingerprint density at radius 1 is 1.32 bits per heavy atom. The molecule has 3 atom stereocenters. The van der Waals surface area contributed by atoms with Crippen molar-refractivity contribution in [3.05, 3.63) is 53.6 Å². The topological polar surface area (TPSA) is 56.6 Å². The zero-order valence-electron chi connectivity index (χ0n) is 18.0. The van der Waals surface area contributed by atoms with Gasteiger partial charge < -0.3 is 9.47 Å². The molecule has 0 saturated carbocycles. The molecule has 5 rings (SSSR count). The van der Waals surface area contributed by atoms with E-state index in [1.165, 1.54) is 0 Å². The second-order valence-electron chi connectivity index (χ2n) is 9.06. The van der Waals surface area contributed by atoms with Gasteiger partial charge in [0.05, 0.1) is 31.3 Å². The summed E-state index contributed by atoms with van der Waals surface area (Å²) in [5.74, 6) is -0.592. The van der Waals surface area contributed by atoms with Crippen LogP contribution in [0.15, 0.2) is 36.7 Å². The van der Waals surface area contributed by atoms with Gasteiger partial charge in [-0.15, -0.1) is 0 Å². The third kappa shape index (κ3) is 3.89. The maximum atomic E-state index is 13.8. The summed E-state index contributed by atoms with van der Waals surface area (Å²) < 4.78 is 27.4. The van der Waals surface area contributed by atoms with Crippen LogP contribution in [0.4, 0.5) is 4.39 Å². The molecule has 1 aromatic heterocycles. The van der Waals surface area contributed by atoms with Crippen LogP contribution in [-0.4, -0.2) is 52.5 Å². The molecular formula is C24H30FN3O3. The van der Waals surface area contributed by atoms with Gasteiger partial charge in [-0.2, -0.15) is 5.10 Å². The minimum atomic E-state index is -0.328. The Kier molecular flexibility index (Phi) is 5.56. The number of ether oxygens (including phenoxy) is 2. The monoisotopic (exact) mass is 427 g/mol. The number of esters is 1. The van der Waals surface area contributed by atoms with E-state index < -0.39 is 0 Å². The van der Waals surface area contributed by atoms with Crippen molar-refractivity contribution < 1.29 is 18.7 Å². The molecule has 0 N–H and O–H groups in total. The normalized spacial score (nSPS) is 28.5. The Hall–Kier alpha value is -2.25. The molecule has 4 heterocycles. The Balaban J connectivity index is 1.36. The fraction of sp³-hybridized carbons (Fsp3) is 0.583. The largest absolute Gasteiger partial charge is 0.466 e. The van der Waals surface area contributed by atoms with Crippen molar-refractivity contribution in [2.24, 2.45) is 5.92 Å². The first kappa shape index (κ1) is 20.6. The summed E-state index contributed by atoms with van der Waals surface area (Å²) in [7, 11) is 0. The molecule has 0 amide bonds. The minimum Gasteiger partial charge on any atom is -0.466 e. The molecule has 6 nitrogen and oxygen atoms in total.